The lowest BCUT2D eigenvalue weighted by atomic mass is 10.1. The predicted molar refractivity (Wildman–Crippen MR) is 140 cm³/mol. The van der Waals surface area contributed by atoms with E-state index >= 15 is 0 Å². The molecule has 1 aliphatic heterocycles. The number of esters is 1. The lowest BCUT2D eigenvalue weighted by Crippen LogP contribution is -2.35. The van der Waals surface area contributed by atoms with Crippen molar-refractivity contribution in [2.75, 3.05) is 13.2 Å². The van der Waals surface area contributed by atoms with E-state index in [-0.39, 0.29) is 51.9 Å². The molecule has 3 aromatic heterocycles. The smallest absolute Gasteiger partial charge is 0.341 e. The van der Waals surface area contributed by atoms with Crippen molar-refractivity contribution in [1.82, 2.24) is 14.0 Å². The first kappa shape index (κ1) is 26.2. The monoisotopic (exact) mass is 551 g/mol. The predicted octanol–water partition coefficient (Wildman–Crippen LogP) is 3.31. The van der Waals surface area contributed by atoms with Crippen LogP contribution in [0, 0.1) is 10.1 Å². The number of rotatable bonds is 6. The molecule has 0 spiro atoms. The summed E-state index contributed by atoms with van der Waals surface area (Å²) in [6, 6.07) is 9.92. The molecule has 4 heterocycles. The van der Waals surface area contributed by atoms with Crippen LogP contribution in [0.5, 0.6) is 0 Å². The first-order valence-corrected chi connectivity index (χ1v) is 12.5. The minimum atomic E-state index is -0.863. The Kier molecular flexibility index (Phi) is 7.22. The Morgan fingerprint density at radius 2 is 2.10 bits per heavy atom. The number of pyridine rings is 2. The summed E-state index contributed by atoms with van der Waals surface area (Å²) in [6.07, 6.45) is 2.81. The Labute approximate surface area is 225 Å². The van der Waals surface area contributed by atoms with Gasteiger partial charge in [-0.25, -0.2) is 9.78 Å². The van der Waals surface area contributed by atoms with Crippen LogP contribution in [-0.2, 0) is 16.0 Å². The SMILES string of the molecule is CCOC(=O)c1cc2c(=O)n3ccccc3nc2n(C[C@@H]2CCCO2)c1=NC(=O)c1ccc(Cl)c([N+](=O)[O-])c1. The first-order chi connectivity index (χ1) is 18.8. The highest BCUT2D eigenvalue weighted by Crippen LogP contribution is 2.25. The largest absolute Gasteiger partial charge is 0.462 e. The molecule has 1 saturated heterocycles. The zero-order chi connectivity index (χ0) is 27.7. The Hall–Kier alpha value is -4.42. The molecule has 39 heavy (non-hydrogen) atoms. The van der Waals surface area contributed by atoms with Gasteiger partial charge in [0.25, 0.3) is 17.2 Å². The van der Waals surface area contributed by atoms with Crippen LogP contribution < -0.4 is 11.0 Å². The second-order valence-corrected chi connectivity index (χ2v) is 9.18. The summed E-state index contributed by atoms with van der Waals surface area (Å²) in [5.41, 5.74) is -0.686. The lowest BCUT2D eigenvalue weighted by molar-refractivity contribution is -0.384. The summed E-state index contributed by atoms with van der Waals surface area (Å²) in [5, 5.41) is 11.3. The summed E-state index contributed by atoms with van der Waals surface area (Å²) in [6.45, 7) is 2.35. The van der Waals surface area contributed by atoms with Gasteiger partial charge in [0.2, 0.25) is 0 Å². The van der Waals surface area contributed by atoms with Crippen molar-refractivity contribution >= 4 is 45.8 Å². The van der Waals surface area contributed by atoms with E-state index in [2.05, 4.69) is 9.98 Å². The van der Waals surface area contributed by atoms with Crippen LogP contribution in [-0.4, -0.2) is 50.1 Å². The van der Waals surface area contributed by atoms with E-state index in [0.29, 0.717) is 18.7 Å². The fourth-order valence-corrected chi connectivity index (χ4v) is 4.66. The highest BCUT2D eigenvalue weighted by atomic mass is 35.5. The fraction of sp³-hybridized carbons (Fsp3) is 0.269. The third-order valence-corrected chi connectivity index (χ3v) is 6.61. The maximum absolute atomic E-state index is 13.5. The van der Waals surface area contributed by atoms with Crippen LogP contribution >= 0.6 is 11.6 Å². The number of benzene rings is 1. The maximum Gasteiger partial charge on any atom is 0.341 e. The minimum Gasteiger partial charge on any atom is -0.462 e. The van der Waals surface area contributed by atoms with Gasteiger partial charge < -0.3 is 14.0 Å². The van der Waals surface area contributed by atoms with Crippen molar-refractivity contribution < 1.29 is 24.0 Å². The van der Waals surface area contributed by atoms with Gasteiger partial charge in [0.05, 0.1) is 29.6 Å². The average molecular weight is 552 g/mol. The number of carbonyl (C=O) groups excluding carboxylic acids is 2. The van der Waals surface area contributed by atoms with Crippen molar-refractivity contribution in [1.29, 1.82) is 0 Å². The number of fused-ring (bicyclic) bond motifs is 2. The maximum atomic E-state index is 13.5. The van der Waals surface area contributed by atoms with Gasteiger partial charge in [0.1, 0.15) is 21.9 Å². The fourth-order valence-electron chi connectivity index (χ4n) is 4.47. The van der Waals surface area contributed by atoms with Gasteiger partial charge in [0.15, 0.2) is 5.49 Å². The number of nitro groups is 1. The molecule has 0 radical (unpaired) electrons. The molecule has 0 bridgehead atoms. The molecule has 12 nitrogen and oxygen atoms in total. The van der Waals surface area contributed by atoms with Crippen LogP contribution in [0.25, 0.3) is 16.7 Å². The zero-order valence-electron chi connectivity index (χ0n) is 20.7. The van der Waals surface area contributed by atoms with Gasteiger partial charge in [-0.15, -0.1) is 0 Å². The van der Waals surface area contributed by atoms with Crippen LogP contribution in [0.2, 0.25) is 5.02 Å². The quantitative estimate of drug-likeness (QED) is 0.153. The van der Waals surface area contributed by atoms with E-state index in [4.69, 9.17) is 21.1 Å². The number of nitrogens with zero attached hydrogens (tertiary/aromatic N) is 5. The number of aromatic nitrogens is 3. The lowest BCUT2D eigenvalue weighted by Gasteiger charge is -2.18. The van der Waals surface area contributed by atoms with E-state index < -0.39 is 28.0 Å². The molecule has 5 rings (SSSR count). The molecule has 0 saturated carbocycles. The summed E-state index contributed by atoms with van der Waals surface area (Å²) in [7, 11) is 0. The van der Waals surface area contributed by atoms with Crippen LogP contribution in [0.3, 0.4) is 0 Å². The Morgan fingerprint density at radius 1 is 1.28 bits per heavy atom. The molecule has 4 aromatic rings. The van der Waals surface area contributed by atoms with Crippen LogP contribution in [0.15, 0.2) is 58.4 Å². The highest BCUT2D eigenvalue weighted by Gasteiger charge is 2.24. The van der Waals surface area contributed by atoms with Gasteiger partial charge in [-0.3, -0.25) is 24.1 Å². The molecule has 1 aliphatic rings. The Morgan fingerprint density at radius 3 is 2.82 bits per heavy atom. The molecular formula is C26H22ClN5O7. The van der Waals surface area contributed by atoms with Crippen molar-refractivity contribution in [3.8, 4) is 0 Å². The number of amides is 1. The Balaban J connectivity index is 1.84. The van der Waals surface area contributed by atoms with Crippen molar-refractivity contribution in [3.05, 3.63) is 90.8 Å². The van der Waals surface area contributed by atoms with E-state index in [1.165, 1.54) is 27.2 Å². The summed E-state index contributed by atoms with van der Waals surface area (Å²) >= 11 is 5.90. The van der Waals surface area contributed by atoms with Gasteiger partial charge in [-0.1, -0.05) is 17.7 Å². The van der Waals surface area contributed by atoms with Gasteiger partial charge >= 0.3 is 5.97 Å². The topological polar surface area (TPSA) is 147 Å². The highest BCUT2D eigenvalue weighted by molar-refractivity contribution is 6.32. The number of carbonyl (C=O) groups is 2. The molecule has 13 heteroatoms. The third-order valence-electron chi connectivity index (χ3n) is 6.29. The second kappa shape index (κ2) is 10.8. The number of ether oxygens (including phenoxy) is 2. The molecule has 1 amide bonds. The molecule has 1 aromatic carbocycles. The van der Waals surface area contributed by atoms with Crippen molar-refractivity contribution in [3.63, 3.8) is 0 Å². The summed E-state index contributed by atoms with van der Waals surface area (Å²) in [5.74, 6) is -1.66. The van der Waals surface area contributed by atoms with Crippen LogP contribution in [0.4, 0.5) is 5.69 Å². The number of halogens is 1. The molecule has 0 N–H and O–H groups in total. The number of hydrogen-bond donors (Lipinski definition) is 0. The molecule has 1 atom stereocenters. The number of nitro benzene ring substituents is 1. The van der Waals surface area contributed by atoms with Gasteiger partial charge in [-0.2, -0.15) is 4.99 Å². The normalized spacial score (nSPS) is 15.6. The second-order valence-electron chi connectivity index (χ2n) is 8.77. The van der Waals surface area contributed by atoms with E-state index in [0.717, 1.165) is 12.5 Å². The molecule has 200 valence electrons. The Bertz CT molecular complexity index is 1770. The summed E-state index contributed by atoms with van der Waals surface area (Å²) in [4.78, 5) is 59.4. The number of hydrogen-bond acceptors (Lipinski definition) is 8. The molecular weight excluding hydrogens is 530 g/mol. The van der Waals surface area contributed by atoms with Gasteiger partial charge in [-0.05, 0) is 50.1 Å². The average Bonchev–Trinajstić information content (AvgIpc) is 3.43. The molecule has 0 unspecified atom stereocenters. The van der Waals surface area contributed by atoms with Crippen LogP contribution in [0.1, 0.15) is 40.5 Å². The third kappa shape index (κ3) is 5.03. The van der Waals surface area contributed by atoms with Gasteiger partial charge in [0, 0.05) is 24.4 Å². The van der Waals surface area contributed by atoms with Crippen molar-refractivity contribution in [2.24, 2.45) is 4.99 Å². The zero-order valence-corrected chi connectivity index (χ0v) is 21.5. The molecule has 1 fully saturated rings. The molecule has 0 aliphatic carbocycles. The van der Waals surface area contributed by atoms with E-state index in [1.807, 2.05) is 0 Å². The van der Waals surface area contributed by atoms with E-state index in [9.17, 15) is 24.5 Å². The standard InChI is InChI=1S/C26H22ClN5O7/c1-2-38-26(35)18-13-17-22(28-21-7-3-4-10-30(21)25(17)34)31(14-16-6-5-11-39-16)23(18)29-24(33)15-8-9-19(27)20(12-15)32(36)37/h3-4,7-10,12-13,16H,2,5-6,11,14H2,1H3/t16-/m0/s1. The minimum absolute atomic E-state index is 0.0360. The van der Waals surface area contributed by atoms with Crippen molar-refractivity contribution in [2.45, 2.75) is 32.4 Å². The first-order valence-electron chi connectivity index (χ1n) is 12.1. The summed E-state index contributed by atoms with van der Waals surface area (Å²) < 4.78 is 13.9. The van der Waals surface area contributed by atoms with E-state index in [1.54, 1.807) is 31.3 Å².